The van der Waals surface area contributed by atoms with E-state index in [2.05, 4.69) is 48.2 Å². The lowest BCUT2D eigenvalue weighted by Gasteiger charge is -2.13. The Morgan fingerprint density at radius 1 is 1.30 bits per heavy atom. The molecule has 0 unspecified atom stereocenters. The SMILES string of the molecule is C=C/C=C(\C=C)NCNc1ccc(C)c(NCOC)c1. The van der Waals surface area contributed by atoms with Gasteiger partial charge in [0.15, 0.2) is 0 Å². The molecule has 1 rings (SSSR count). The topological polar surface area (TPSA) is 45.3 Å². The lowest BCUT2D eigenvalue weighted by molar-refractivity contribution is 0.221. The van der Waals surface area contributed by atoms with Gasteiger partial charge in [-0.1, -0.05) is 25.3 Å². The molecule has 4 nitrogen and oxygen atoms in total. The first kappa shape index (κ1) is 15.9. The van der Waals surface area contributed by atoms with Crippen LogP contribution in [0.15, 0.2) is 55.3 Å². The number of anilines is 2. The first-order chi connectivity index (χ1) is 9.71. The molecule has 0 fully saturated rings. The van der Waals surface area contributed by atoms with Crippen LogP contribution in [0.2, 0.25) is 0 Å². The fraction of sp³-hybridized carbons (Fsp3) is 0.250. The first-order valence-corrected chi connectivity index (χ1v) is 6.47. The van der Waals surface area contributed by atoms with Gasteiger partial charge in [0, 0.05) is 24.2 Å². The highest BCUT2D eigenvalue weighted by Crippen LogP contribution is 2.19. The van der Waals surface area contributed by atoms with E-state index in [9.17, 15) is 0 Å². The molecule has 1 aromatic carbocycles. The number of allylic oxidation sites excluding steroid dienone is 3. The largest absolute Gasteiger partial charge is 0.368 e. The predicted molar refractivity (Wildman–Crippen MR) is 86.8 cm³/mol. The summed E-state index contributed by atoms with van der Waals surface area (Å²) in [6.07, 6.45) is 5.35. The minimum Gasteiger partial charge on any atom is -0.368 e. The van der Waals surface area contributed by atoms with E-state index in [1.807, 2.05) is 12.1 Å². The number of ether oxygens (including phenoxy) is 1. The molecule has 4 heteroatoms. The van der Waals surface area contributed by atoms with E-state index in [0.717, 1.165) is 17.1 Å². The van der Waals surface area contributed by atoms with Crippen LogP contribution in [-0.4, -0.2) is 20.5 Å². The summed E-state index contributed by atoms with van der Waals surface area (Å²) in [5.74, 6) is 0. The Balaban J connectivity index is 2.57. The number of hydrogen-bond donors (Lipinski definition) is 3. The molecular formula is C16H23N3O. The Labute approximate surface area is 121 Å². The van der Waals surface area contributed by atoms with Crippen LogP contribution in [-0.2, 0) is 4.74 Å². The van der Waals surface area contributed by atoms with Crippen molar-refractivity contribution in [1.82, 2.24) is 5.32 Å². The van der Waals surface area contributed by atoms with Crippen molar-refractivity contribution in [3.8, 4) is 0 Å². The van der Waals surface area contributed by atoms with E-state index in [-0.39, 0.29) is 0 Å². The Hall–Kier alpha value is -2.20. The van der Waals surface area contributed by atoms with Gasteiger partial charge < -0.3 is 20.7 Å². The third kappa shape index (κ3) is 5.20. The van der Waals surface area contributed by atoms with Crippen molar-refractivity contribution < 1.29 is 4.74 Å². The monoisotopic (exact) mass is 273 g/mol. The quantitative estimate of drug-likeness (QED) is 0.477. The normalized spacial score (nSPS) is 10.8. The van der Waals surface area contributed by atoms with Gasteiger partial charge in [-0.15, -0.1) is 0 Å². The zero-order valence-corrected chi connectivity index (χ0v) is 12.2. The third-order valence-corrected chi connectivity index (χ3v) is 2.75. The van der Waals surface area contributed by atoms with Crippen molar-refractivity contribution in [1.29, 1.82) is 0 Å². The summed E-state index contributed by atoms with van der Waals surface area (Å²) < 4.78 is 5.02. The molecule has 3 N–H and O–H groups in total. The summed E-state index contributed by atoms with van der Waals surface area (Å²) in [7, 11) is 1.66. The predicted octanol–water partition coefficient (Wildman–Crippen LogP) is 3.23. The Kier molecular flexibility index (Phi) is 7.00. The summed E-state index contributed by atoms with van der Waals surface area (Å²) in [5.41, 5.74) is 4.20. The van der Waals surface area contributed by atoms with Gasteiger partial charge in [0.05, 0.1) is 6.67 Å². The van der Waals surface area contributed by atoms with Crippen LogP contribution in [0.4, 0.5) is 11.4 Å². The lowest BCUT2D eigenvalue weighted by Crippen LogP contribution is -2.20. The molecule has 0 bridgehead atoms. The van der Waals surface area contributed by atoms with E-state index in [1.54, 1.807) is 19.3 Å². The van der Waals surface area contributed by atoms with Gasteiger partial charge in [-0.3, -0.25) is 0 Å². The molecule has 108 valence electrons. The summed E-state index contributed by atoms with van der Waals surface area (Å²) >= 11 is 0. The Morgan fingerprint density at radius 3 is 2.75 bits per heavy atom. The minimum atomic E-state index is 0.491. The molecule has 0 aliphatic carbocycles. The second kappa shape index (κ2) is 8.82. The first-order valence-electron chi connectivity index (χ1n) is 6.47. The summed E-state index contributed by atoms with van der Waals surface area (Å²) in [6.45, 7) is 10.6. The number of hydrogen-bond acceptors (Lipinski definition) is 4. The van der Waals surface area contributed by atoms with Gasteiger partial charge in [0.25, 0.3) is 0 Å². The van der Waals surface area contributed by atoms with Crippen LogP contribution in [0, 0.1) is 6.92 Å². The van der Waals surface area contributed by atoms with E-state index < -0.39 is 0 Å². The molecule has 0 radical (unpaired) electrons. The maximum Gasteiger partial charge on any atom is 0.116 e. The minimum absolute atomic E-state index is 0.491. The maximum absolute atomic E-state index is 5.02. The molecule has 0 saturated heterocycles. The zero-order valence-electron chi connectivity index (χ0n) is 12.2. The maximum atomic E-state index is 5.02. The van der Waals surface area contributed by atoms with Crippen LogP contribution >= 0.6 is 0 Å². The standard InChI is InChI=1S/C16H23N3O/c1-5-7-14(6-2)17-11-18-15-9-8-13(3)16(10-15)19-12-20-4/h5-10,17-19H,1-2,11-12H2,3-4H3/b14-7+. The van der Waals surface area contributed by atoms with Gasteiger partial charge in [-0.05, 0) is 36.8 Å². The van der Waals surface area contributed by atoms with Crippen molar-refractivity contribution in [3.63, 3.8) is 0 Å². The fourth-order valence-corrected chi connectivity index (χ4v) is 1.65. The van der Waals surface area contributed by atoms with Gasteiger partial charge in [-0.25, -0.2) is 0 Å². The summed E-state index contributed by atoms with van der Waals surface area (Å²) in [6, 6.07) is 6.16. The van der Waals surface area contributed by atoms with E-state index >= 15 is 0 Å². The van der Waals surface area contributed by atoms with E-state index in [0.29, 0.717) is 13.4 Å². The van der Waals surface area contributed by atoms with Gasteiger partial charge >= 0.3 is 0 Å². The highest BCUT2D eigenvalue weighted by molar-refractivity contribution is 5.60. The highest BCUT2D eigenvalue weighted by atomic mass is 16.5. The number of methoxy groups -OCH3 is 1. The van der Waals surface area contributed by atoms with Crippen LogP contribution in [0.3, 0.4) is 0 Å². The average molecular weight is 273 g/mol. The molecule has 0 spiro atoms. The van der Waals surface area contributed by atoms with E-state index in [1.165, 1.54) is 5.56 Å². The Bertz CT molecular complexity index is 481. The van der Waals surface area contributed by atoms with Crippen LogP contribution in [0.5, 0.6) is 0 Å². The Morgan fingerprint density at radius 2 is 2.10 bits per heavy atom. The summed E-state index contributed by atoms with van der Waals surface area (Å²) in [5, 5.41) is 9.72. The second-order valence-corrected chi connectivity index (χ2v) is 4.23. The van der Waals surface area contributed by atoms with Crippen molar-refractivity contribution in [2.45, 2.75) is 6.92 Å². The van der Waals surface area contributed by atoms with Gasteiger partial charge in [0.1, 0.15) is 6.73 Å². The summed E-state index contributed by atoms with van der Waals surface area (Å²) in [4.78, 5) is 0. The third-order valence-electron chi connectivity index (χ3n) is 2.75. The smallest absolute Gasteiger partial charge is 0.116 e. The molecule has 0 aliphatic heterocycles. The number of nitrogens with one attached hydrogen (secondary N) is 3. The second-order valence-electron chi connectivity index (χ2n) is 4.23. The number of aryl methyl sites for hydroxylation is 1. The molecule has 20 heavy (non-hydrogen) atoms. The molecular weight excluding hydrogens is 250 g/mol. The van der Waals surface area contributed by atoms with Crippen molar-refractivity contribution in [3.05, 3.63) is 60.8 Å². The molecule has 0 amide bonds. The van der Waals surface area contributed by atoms with Crippen LogP contribution in [0.1, 0.15) is 5.56 Å². The van der Waals surface area contributed by atoms with Gasteiger partial charge in [-0.2, -0.15) is 0 Å². The van der Waals surface area contributed by atoms with Crippen molar-refractivity contribution in [2.24, 2.45) is 0 Å². The molecule has 0 aromatic heterocycles. The lowest BCUT2D eigenvalue weighted by atomic mass is 10.2. The molecule has 1 aromatic rings. The number of benzene rings is 1. The zero-order chi connectivity index (χ0) is 14.8. The van der Waals surface area contributed by atoms with Crippen molar-refractivity contribution >= 4 is 11.4 Å². The molecule has 0 saturated carbocycles. The molecule has 0 heterocycles. The highest BCUT2D eigenvalue weighted by Gasteiger charge is 1.99. The van der Waals surface area contributed by atoms with Gasteiger partial charge in [0.2, 0.25) is 0 Å². The van der Waals surface area contributed by atoms with Crippen molar-refractivity contribution in [2.75, 3.05) is 31.1 Å². The fourth-order valence-electron chi connectivity index (χ4n) is 1.65. The van der Waals surface area contributed by atoms with Crippen LogP contribution in [0.25, 0.3) is 0 Å². The van der Waals surface area contributed by atoms with E-state index in [4.69, 9.17) is 4.74 Å². The molecule has 0 atom stereocenters. The van der Waals surface area contributed by atoms with Crippen LogP contribution < -0.4 is 16.0 Å². The average Bonchev–Trinajstić information content (AvgIpc) is 2.46. The number of rotatable bonds is 9. The molecule has 0 aliphatic rings.